The molecule has 2 aromatic carbocycles. The molecule has 8 heteroatoms. The van der Waals surface area contributed by atoms with E-state index in [-0.39, 0.29) is 0 Å². The molecular formula is C20H19ClFN3O3. The van der Waals surface area contributed by atoms with E-state index in [1.807, 2.05) is 0 Å². The number of halogens is 2. The molecule has 0 radical (unpaired) electrons. The van der Waals surface area contributed by atoms with Crippen molar-refractivity contribution in [3.8, 4) is 0 Å². The van der Waals surface area contributed by atoms with E-state index in [4.69, 9.17) is 11.6 Å². The number of carbonyl (C=O) groups excluding carboxylic acids is 3. The second-order valence-electron chi connectivity index (χ2n) is 6.57. The van der Waals surface area contributed by atoms with Crippen LogP contribution in [0.25, 0.3) is 0 Å². The average molecular weight is 404 g/mol. The highest BCUT2D eigenvalue weighted by Gasteiger charge is 2.49. The van der Waals surface area contributed by atoms with Gasteiger partial charge in [-0.15, -0.1) is 0 Å². The summed E-state index contributed by atoms with van der Waals surface area (Å²) in [6, 6.07) is 11.4. The molecule has 0 aliphatic carbocycles. The molecule has 0 unspecified atom stereocenters. The van der Waals surface area contributed by atoms with Crippen molar-refractivity contribution in [2.45, 2.75) is 19.4 Å². The van der Waals surface area contributed by atoms with Crippen LogP contribution in [0.3, 0.4) is 0 Å². The lowest BCUT2D eigenvalue weighted by atomic mass is 9.92. The van der Waals surface area contributed by atoms with E-state index in [1.54, 1.807) is 38.1 Å². The lowest BCUT2D eigenvalue weighted by molar-refractivity contribution is -0.134. The Balaban J connectivity index is 1.80. The van der Waals surface area contributed by atoms with Crippen molar-refractivity contribution in [2.24, 2.45) is 0 Å². The third kappa shape index (κ3) is 3.57. The smallest absolute Gasteiger partial charge is 0.319 e. The largest absolute Gasteiger partial charge is 0.325 e. The predicted octanol–water partition coefficient (Wildman–Crippen LogP) is 3.30. The fourth-order valence-corrected chi connectivity index (χ4v) is 3.29. The summed E-state index contributed by atoms with van der Waals surface area (Å²) >= 11 is 5.89. The van der Waals surface area contributed by atoms with Gasteiger partial charge in [-0.25, -0.2) is 9.18 Å². The minimum absolute atomic E-state index is 0.308. The zero-order chi connectivity index (χ0) is 20.5. The van der Waals surface area contributed by atoms with Gasteiger partial charge in [0, 0.05) is 17.3 Å². The quantitative estimate of drug-likeness (QED) is 0.779. The van der Waals surface area contributed by atoms with Gasteiger partial charge in [-0.2, -0.15) is 0 Å². The molecule has 3 rings (SSSR count). The van der Waals surface area contributed by atoms with Crippen LogP contribution in [0, 0.1) is 5.82 Å². The molecule has 6 nitrogen and oxygen atoms in total. The maximum absolute atomic E-state index is 13.1. The van der Waals surface area contributed by atoms with E-state index >= 15 is 0 Å². The van der Waals surface area contributed by atoms with Crippen LogP contribution in [-0.4, -0.2) is 35.8 Å². The van der Waals surface area contributed by atoms with Gasteiger partial charge >= 0.3 is 6.03 Å². The molecule has 1 saturated heterocycles. The summed E-state index contributed by atoms with van der Waals surface area (Å²) in [6.07, 6.45) is 0. The van der Waals surface area contributed by atoms with Gasteiger partial charge in [0.1, 0.15) is 17.9 Å². The van der Waals surface area contributed by atoms with E-state index in [2.05, 4.69) is 5.32 Å². The highest BCUT2D eigenvalue weighted by atomic mass is 35.5. The van der Waals surface area contributed by atoms with Crippen molar-refractivity contribution < 1.29 is 18.8 Å². The van der Waals surface area contributed by atoms with Crippen molar-refractivity contribution in [2.75, 3.05) is 18.0 Å². The number of carbonyl (C=O) groups is 3. The Labute approximate surface area is 166 Å². The fourth-order valence-electron chi connectivity index (χ4n) is 3.16. The first-order chi connectivity index (χ1) is 13.3. The molecule has 1 aliphatic heterocycles. The minimum Gasteiger partial charge on any atom is -0.319 e. The minimum atomic E-state index is -1.28. The molecule has 1 aliphatic rings. The van der Waals surface area contributed by atoms with Crippen LogP contribution in [0.15, 0.2) is 48.5 Å². The highest BCUT2D eigenvalue weighted by Crippen LogP contribution is 2.29. The number of rotatable bonds is 5. The summed E-state index contributed by atoms with van der Waals surface area (Å²) in [7, 11) is 0. The number of amides is 4. The average Bonchev–Trinajstić information content (AvgIpc) is 2.88. The summed E-state index contributed by atoms with van der Waals surface area (Å²) in [5.41, 5.74) is -0.230. The Kier molecular flexibility index (Phi) is 5.38. The third-order valence-electron chi connectivity index (χ3n) is 4.75. The van der Waals surface area contributed by atoms with E-state index in [0.29, 0.717) is 22.8 Å². The summed E-state index contributed by atoms with van der Waals surface area (Å²) < 4.78 is 13.1. The first-order valence-corrected chi connectivity index (χ1v) is 9.10. The molecule has 0 saturated carbocycles. The molecule has 0 bridgehead atoms. The van der Waals surface area contributed by atoms with Gasteiger partial charge < -0.3 is 10.2 Å². The lowest BCUT2D eigenvalue weighted by Gasteiger charge is -2.24. The van der Waals surface area contributed by atoms with Crippen LogP contribution < -0.4 is 10.2 Å². The van der Waals surface area contributed by atoms with Gasteiger partial charge in [-0.05, 0) is 55.8 Å². The topological polar surface area (TPSA) is 69.7 Å². The van der Waals surface area contributed by atoms with Crippen LogP contribution in [0.4, 0.5) is 14.9 Å². The number of nitrogens with zero attached hydrogens (tertiary/aromatic N) is 2. The molecule has 1 N–H and O–H groups in total. The van der Waals surface area contributed by atoms with Crippen LogP contribution in [0.5, 0.6) is 0 Å². The summed E-state index contributed by atoms with van der Waals surface area (Å²) in [5.74, 6) is -1.39. The van der Waals surface area contributed by atoms with Crippen molar-refractivity contribution >= 4 is 35.1 Å². The van der Waals surface area contributed by atoms with Gasteiger partial charge in [-0.1, -0.05) is 23.7 Å². The first-order valence-electron chi connectivity index (χ1n) is 8.72. The maximum atomic E-state index is 13.1. The Hall–Kier alpha value is -2.93. The predicted molar refractivity (Wildman–Crippen MR) is 103 cm³/mol. The van der Waals surface area contributed by atoms with Crippen molar-refractivity contribution in [1.82, 2.24) is 10.2 Å². The molecule has 4 amide bonds. The van der Waals surface area contributed by atoms with Gasteiger partial charge in [0.25, 0.3) is 5.91 Å². The molecule has 0 spiro atoms. The SMILES string of the molecule is CCN(C(=O)CN1C(=O)N[C@@](C)(c2ccc(Cl)cc2)C1=O)c1ccc(F)cc1. The van der Waals surface area contributed by atoms with Gasteiger partial charge in [0.2, 0.25) is 5.91 Å². The van der Waals surface area contributed by atoms with Crippen LogP contribution in [0.1, 0.15) is 19.4 Å². The lowest BCUT2D eigenvalue weighted by Crippen LogP contribution is -2.44. The van der Waals surface area contributed by atoms with Gasteiger partial charge in [-0.3, -0.25) is 14.5 Å². The summed E-state index contributed by atoms with van der Waals surface area (Å²) in [5, 5.41) is 3.16. The van der Waals surface area contributed by atoms with E-state index in [9.17, 15) is 18.8 Å². The molecule has 146 valence electrons. The number of hydrogen-bond acceptors (Lipinski definition) is 3. The molecule has 1 atom stereocenters. The summed E-state index contributed by atoms with van der Waals surface area (Å²) in [6.45, 7) is 3.23. The number of benzene rings is 2. The zero-order valence-electron chi connectivity index (χ0n) is 15.4. The molecule has 1 fully saturated rings. The van der Waals surface area contributed by atoms with E-state index in [0.717, 1.165) is 4.90 Å². The van der Waals surface area contributed by atoms with Crippen molar-refractivity contribution in [1.29, 1.82) is 0 Å². The van der Waals surface area contributed by atoms with Gasteiger partial charge in [0.05, 0.1) is 0 Å². The van der Waals surface area contributed by atoms with E-state index in [1.165, 1.54) is 29.2 Å². The first kappa shape index (κ1) is 19.8. The Morgan fingerprint density at radius 2 is 1.75 bits per heavy atom. The molecule has 28 heavy (non-hydrogen) atoms. The molecule has 0 aromatic heterocycles. The number of hydrogen-bond donors (Lipinski definition) is 1. The van der Waals surface area contributed by atoms with Crippen LogP contribution >= 0.6 is 11.6 Å². The monoisotopic (exact) mass is 403 g/mol. The molecule has 2 aromatic rings. The number of likely N-dealkylation sites (N-methyl/N-ethyl adjacent to an activating group) is 1. The number of imide groups is 1. The summed E-state index contributed by atoms with van der Waals surface area (Å²) in [4.78, 5) is 40.4. The second-order valence-corrected chi connectivity index (χ2v) is 7.00. The van der Waals surface area contributed by atoms with Crippen molar-refractivity contribution in [3.05, 3.63) is 64.9 Å². The Morgan fingerprint density at radius 1 is 1.14 bits per heavy atom. The van der Waals surface area contributed by atoms with Gasteiger partial charge in [0.15, 0.2) is 0 Å². The third-order valence-corrected chi connectivity index (χ3v) is 5.00. The zero-order valence-corrected chi connectivity index (χ0v) is 16.2. The standard InChI is InChI=1S/C20H19ClFN3O3/c1-3-24(16-10-8-15(22)9-11-16)17(26)12-25-18(27)20(2,23-19(25)28)13-4-6-14(21)7-5-13/h4-11H,3,12H2,1-2H3,(H,23,28)/t20-/m0/s1. The second kappa shape index (κ2) is 7.59. The number of anilines is 1. The highest BCUT2D eigenvalue weighted by molar-refractivity contribution is 6.30. The number of urea groups is 1. The fraction of sp³-hybridized carbons (Fsp3) is 0.250. The van der Waals surface area contributed by atoms with Crippen LogP contribution in [0.2, 0.25) is 5.02 Å². The number of nitrogens with one attached hydrogen (secondary N) is 1. The van der Waals surface area contributed by atoms with Crippen molar-refractivity contribution in [3.63, 3.8) is 0 Å². The molecular weight excluding hydrogens is 385 g/mol. The Morgan fingerprint density at radius 3 is 2.32 bits per heavy atom. The van der Waals surface area contributed by atoms with Crippen LogP contribution in [-0.2, 0) is 15.1 Å². The maximum Gasteiger partial charge on any atom is 0.325 e. The van der Waals surface area contributed by atoms with E-state index < -0.39 is 35.7 Å². The normalized spacial score (nSPS) is 18.9. The Bertz CT molecular complexity index is 917. The molecule has 1 heterocycles.